The van der Waals surface area contributed by atoms with E-state index < -0.39 is 5.76 Å². The Morgan fingerprint density at radius 1 is 1.15 bits per heavy atom. The summed E-state index contributed by atoms with van der Waals surface area (Å²) in [5, 5.41) is 0. The Morgan fingerprint density at radius 3 is 2.67 bits per heavy atom. The van der Waals surface area contributed by atoms with Crippen LogP contribution in [-0.4, -0.2) is 65.7 Å². The number of rotatable bonds is 6. The SMILES string of the molecule is O=C(Cn1c(=O)oc2ccccc21)N(CCN1CCCC1)C1CCOCC1. The van der Waals surface area contributed by atoms with Crippen LogP contribution in [0.2, 0.25) is 0 Å². The van der Waals surface area contributed by atoms with Crippen molar-refractivity contribution in [2.45, 2.75) is 38.3 Å². The monoisotopic (exact) mass is 373 g/mol. The van der Waals surface area contributed by atoms with Gasteiger partial charge in [-0.05, 0) is 50.9 Å². The van der Waals surface area contributed by atoms with Crippen molar-refractivity contribution in [3.63, 3.8) is 0 Å². The van der Waals surface area contributed by atoms with Gasteiger partial charge in [-0.1, -0.05) is 12.1 Å². The fourth-order valence-corrected chi connectivity index (χ4v) is 4.15. The van der Waals surface area contributed by atoms with Crippen molar-refractivity contribution in [3.8, 4) is 0 Å². The standard InChI is InChI=1S/C20H27N3O4/c24-19(15-23-17-5-1-2-6-18(17)27-20(23)25)22(16-7-13-26-14-8-16)12-11-21-9-3-4-10-21/h1-2,5-6,16H,3-4,7-15H2. The fraction of sp³-hybridized carbons (Fsp3) is 0.600. The van der Waals surface area contributed by atoms with E-state index >= 15 is 0 Å². The van der Waals surface area contributed by atoms with Crippen LogP contribution in [0.3, 0.4) is 0 Å². The highest BCUT2D eigenvalue weighted by atomic mass is 16.5. The van der Waals surface area contributed by atoms with Crippen molar-refractivity contribution in [1.82, 2.24) is 14.4 Å². The number of hydrogen-bond donors (Lipinski definition) is 0. The summed E-state index contributed by atoms with van der Waals surface area (Å²) in [7, 11) is 0. The van der Waals surface area contributed by atoms with Gasteiger partial charge in [-0.3, -0.25) is 9.36 Å². The maximum Gasteiger partial charge on any atom is 0.420 e. The molecular formula is C20H27N3O4. The predicted octanol–water partition coefficient (Wildman–Crippen LogP) is 1.70. The molecule has 0 aliphatic carbocycles. The highest BCUT2D eigenvalue weighted by molar-refractivity contribution is 5.79. The zero-order valence-corrected chi connectivity index (χ0v) is 15.6. The summed E-state index contributed by atoms with van der Waals surface area (Å²) < 4.78 is 12.2. The molecule has 2 aliphatic rings. The summed E-state index contributed by atoms with van der Waals surface area (Å²) in [5.74, 6) is -0.495. The first-order chi connectivity index (χ1) is 13.2. The molecule has 0 spiro atoms. The van der Waals surface area contributed by atoms with Crippen molar-refractivity contribution < 1.29 is 13.9 Å². The van der Waals surface area contributed by atoms with Crippen LogP contribution < -0.4 is 5.76 Å². The molecule has 7 nitrogen and oxygen atoms in total. The zero-order valence-electron chi connectivity index (χ0n) is 15.6. The van der Waals surface area contributed by atoms with E-state index in [4.69, 9.17) is 9.15 Å². The fourth-order valence-electron chi connectivity index (χ4n) is 4.15. The van der Waals surface area contributed by atoms with Gasteiger partial charge in [-0.25, -0.2) is 4.79 Å². The summed E-state index contributed by atoms with van der Waals surface area (Å²) >= 11 is 0. The molecule has 1 aromatic carbocycles. The third-order valence-corrected chi connectivity index (χ3v) is 5.67. The minimum absolute atomic E-state index is 0.0188. The molecule has 7 heteroatoms. The first-order valence-electron chi connectivity index (χ1n) is 9.90. The minimum atomic E-state index is -0.476. The Labute approximate surface area is 158 Å². The number of likely N-dealkylation sites (tertiary alicyclic amines) is 1. The lowest BCUT2D eigenvalue weighted by molar-refractivity contribution is -0.136. The van der Waals surface area contributed by atoms with Gasteiger partial charge in [0.05, 0.1) is 5.52 Å². The highest BCUT2D eigenvalue weighted by Gasteiger charge is 2.27. The number of para-hydroxylation sites is 2. The molecule has 0 unspecified atom stereocenters. The van der Waals surface area contributed by atoms with E-state index in [1.807, 2.05) is 23.1 Å². The van der Waals surface area contributed by atoms with E-state index in [2.05, 4.69) is 4.90 Å². The van der Waals surface area contributed by atoms with Gasteiger partial charge in [-0.2, -0.15) is 0 Å². The van der Waals surface area contributed by atoms with Gasteiger partial charge in [0.2, 0.25) is 5.91 Å². The molecular weight excluding hydrogens is 346 g/mol. The second kappa shape index (κ2) is 8.27. The number of hydrogen-bond acceptors (Lipinski definition) is 5. The summed E-state index contributed by atoms with van der Waals surface area (Å²) in [6, 6.07) is 7.42. The number of carbonyl (C=O) groups excluding carboxylic acids is 1. The molecule has 0 radical (unpaired) electrons. The number of ether oxygens (including phenoxy) is 1. The van der Waals surface area contributed by atoms with E-state index in [1.165, 1.54) is 17.4 Å². The van der Waals surface area contributed by atoms with Crippen molar-refractivity contribution in [1.29, 1.82) is 0 Å². The van der Waals surface area contributed by atoms with Crippen LogP contribution in [-0.2, 0) is 16.1 Å². The topological polar surface area (TPSA) is 67.9 Å². The molecule has 3 heterocycles. The smallest absolute Gasteiger partial charge is 0.408 e. The maximum atomic E-state index is 13.2. The van der Waals surface area contributed by atoms with E-state index in [0.29, 0.717) is 30.9 Å². The number of carbonyl (C=O) groups is 1. The second-order valence-electron chi connectivity index (χ2n) is 7.40. The quantitative estimate of drug-likeness (QED) is 0.771. The first-order valence-corrected chi connectivity index (χ1v) is 9.90. The lowest BCUT2D eigenvalue weighted by Crippen LogP contribution is -2.48. The highest BCUT2D eigenvalue weighted by Crippen LogP contribution is 2.18. The normalized spacial score (nSPS) is 19.0. The molecule has 0 atom stereocenters. The summed E-state index contributed by atoms with van der Waals surface area (Å²) in [6.45, 7) is 5.22. The van der Waals surface area contributed by atoms with Crippen molar-refractivity contribution >= 4 is 17.0 Å². The van der Waals surface area contributed by atoms with E-state index in [9.17, 15) is 9.59 Å². The molecule has 1 aromatic heterocycles. The van der Waals surface area contributed by atoms with Crippen LogP contribution in [0.25, 0.3) is 11.1 Å². The van der Waals surface area contributed by atoms with Crippen LogP contribution in [0, 0.1) is 0 Å². The minimum Gasteiger partial charge on any atom is -0.408 e. The van der Waals surface area contributed by atoms with Gasteiger partial charge >= 0.3 is 5.76 Å². The average molecular weight is 373 g/mol. The molecule has 27 heavy (non-hydrogen) atoms. The molecule has 0 bridgehead atoms. The maximum absolute atomic E-state index is 13.2. The third kappa shape index (κ3) is 4.09. The summed E-state index contributed by atoms with van der Waals surface area (Å²) in [5.41, 5.74) is 1.19. The van der Waals surface area contributed by atoms with Crippen molar-refractivity contribution in [2.75, 3.05) is 39.4 Å². The second-order valence-corrected chi connectivity index (χ2v) is 7.40. The molecule has 2 saturated heterocycles. The summed E-state index contributed by atoms with van der Waals surface area (Å²) in [6.07, 6.45) is 4.18. The van der Waals surface area contributed by atoms with E-state index in [-0.39, 0.29) is 18.5 Å². The van der Waals surface area contributed by atoms with Crippen molar-refractivity contribution in [2.24, 2.45) is 0 Å². The van der Waals surface area contributed by atoms with Crippen molar-refractivity contribution in [3.05, 3.63) is 34.8 Å². The Bertz CT molecular complexity index is 831. The van der Waals surface area contributed by atoms with Crippen LogP contribution in [0.15, 0.2) is 33.5 Å². The van der Waals surface area contributed by atoms with Crippen LogP contribution in [0.5, 0.6) is 0 Å². The molecule has 2 fully saturated rings. The largest absolute Gasteiger partial charge is 0.420 e. The lowest BCUT2D eigenvalue weighted by Gasteiger charge is -2.35. The number of nitrogens with zero attached hydrogens (tertiary/aromatic N) is 3. The van der Waals surface area contributed by atoms with E-state index in [1.54, 1.807) is 6.07 Å². The average Bonchev–Trinajstić information content (AvgIpc) is 3.31. The Hall–Kier alpha value is -2.12. The summed E-state index contributed by atoms with van der Waals surface area (Å²) in [4.78, 5) is 29.8. The third-order valence-electron chi connectivity index (χ3n) is 5.67. The molecule has 2 aliphatic heterocycles. The van der Waals surface area contributed by atoms with E-state index in [0.717, 1.165) is 32.5 Å². The molecule has 0 N–H and O–H groups in total. The van der Waals surface area contributed by atoms with Crippen LogP contribution >= 0.6 is 0 Å². The molecule has 146 valence electrons. The molecule has 2 aromatic rings. The van der Waals surface area contributed by atoms with Gasteiger partial charge in [0.1, 0.15) is 6.54 Å². The first kappa shape index (κ1) is 18.3. The van der Waals surface area contributed by atoms with Gasteiger partial charge in [0, 0.05) is 32.3 Å². The lowest BCUT2D eigenvalue weighted by atomic mass is 10.1. The molecule has 1 amide bonds. The Morgan fingerprint density at radius 2 is 1.89 bits per heavy atom. The van der Waals surface area contributed by atoms with Gasteiger partial charge in [-0.15, -0.1) is 0 Å². The number of amides is 1. The Kier molecular flexibility index (Phi) is 5.59. The molecule has 0 saturated carbocycles. The number of oxazole rings is 1. The van der Waals surface area contributed by atoms with Crippen LogP contribution in [0.4, 0.5) is 0 Å². The molecule has 4 rings (SSSR count). The van der Waals surface area contributed by atoms with Gasteiger partial charge in [0.15, 0.2) is 5.58 Å². The van der Waals surface area contributed by atoms with Crippen LogP contribution in [0.1, 0.15) is 25.7 Å². The number of fused-ring (bicyclic) bond motifs is 1. The van der Waals surface area contributed by atoms with Gasteiger partial charge in [0.25, 0.3) is 0 Å². The van der Waals surface area contributed by atoms with Gasteiger partial charge < -0.3 is 19.0 Å². The Balaban J connectivity index is 1.51. The zero-order chi connectivity index (χ0) is 18.6. The number of aromatic nitrogens is 1. The number of benzene rings is 1. The predicted molar refractivity (Wildman–Crippen MR) is 102 cm³/mol.